The molecule has 1 aromatic heterocycles. The Balaban J connectivity index is 1.38. The van der Waals surface area contributed by atoms with Gasteiger partial charge in [0, 0.05) is 33.8 Å². The molecule has 0 spiro atoms. The van der Waals surface area contributed by atoms with E-state index in [0.717, 1.165) is 38.2 Å². The molecule has 1 aliphatic heterocycles. The van der Waals surface area contributed by atoms with Crippen LogP contribution in [0.1, 0.15) is 23.1 Å². The molecule has 3 aromatic rings. The number of aryl methyl sites for hydroxylation is 1. The lowest BCUT2D eigenvalue weighted by atomic mass is 9.98. The number of nitrogens with zero attached hydrogens (tertiary/aromatic N) is 1. The van der Waals surface area contributed by atoms with Gasteiger partial charge in [0.15, 0.2) is 0 Å². The summed E-state index contributed by atoms with van der Waals surface area (Å²) in [4.78, 5) is 5.97. The number of hydrogen-bond acceptors (Lipinski definition) is 2. The summed E-state index contributed by atoms with van der Waals surface area (Å²) in [5.41, 5.74) is 5.50. The molecule has 0 saturated heterocycles. The standard InChI is InChI=1S/C21H23IN2O/c1-25-21-6-2-4-16-14-24(11-9-18(16)21)10-3-5-15-13-23-20-8-7-17(22)12-19(15)20/h2,4,6-8,12-13,23H,3,5,9-11,14H2,1H3/i1-1. The van der Waals surface area contributed by atoms with Crippen molar-refractivity contribution >= 4 is 33.5 Å². The van der Waals surface area contributed by atoms with Crippen LogP contribution in [0.15, 0.2) is 42.6 Å². The quantitative estimate of drug-likeness (QED) is 0.573. The zero-order chi connectivity index (χ0) is 17.2. The van der Waals surface area contributed by atoms with E-state index in [9.17, 15) is 0 Å². The average molecular weight is 445 g/mol. The molecule has 0 radical (unpaired) electrons. The van der Waals surface area contributed by atoms with E-state index in [2.05, 4.69) is 75.1 Å². The first kappa shape index (κ1) is 16.9. The second kappa shape index (κ2) is 7.38. The molecule has 4 heteroatoms. The minimum atomic E-state index is 1.04. The molecule has 0 fully saturated rings. The highest BCUT2D eigenvalue weighted by Gasteiger charge is 2.18. The highest BCUT2D eigenvalue weighted by Crippen LogP contribution is 2.28. The van der Waals surface area contributed by atoms with E-state index in [-0.39, 0.29) is 0 Å². The van der Waals surface area contributed by atoms with Crippen LogP contribution in [0.2, 0.25) is 0 Å². The van der Waals surface area contributed by atoms with Gasteiger partial charge in [0.1, 0.15) is 5.75 Å². The van der Waals surface area contributed by atoms with Crippen molar-refractivity contribution < 1.29 is 4.74 Å². The summed E-state index contributed by atoms with van der Waals surface area (Å²) in [6.45, 7) is 3.31. The molecule has 2 aromatic carbocycles. The number of fused-ring (bicyclic) bond motifs is 2. The maximum absolute atomic E-state index is 5.51. The molecule has 2 heterocycles. The van der Waals surface area contributed by atoms with Crippen LogP contribution in [-0.4, -0.2) is 30.1 Å². The molecular weight excluding hydrogens is 422 g/mol. The predicted octanol–water partition coefficient (Wildman–Crippen LogP) is 4.77. The van der Waals surface area contributed by atoms with E-state index in [1.165, 1.54) is 37.6 Å². The van der Waals surface area contributed by atoms with Crippen LogP contribution < -0.4 is 4.74 Å². The molecule has 0 atom stereocenters. The highest BCUT2D eigenvalue weighted by atomic mass is 127. The lowest BCUT2D eigenvalue weighted by molar-refractivity contribution is 0.248. The first-order valence-corrected chi connectivity index (χ1v) is 9.95. The molecule has 4 rings (SSSR count). The summed E-state index contributed by atoms with van der Waals surface area (Å²) in [6, 6.07) is 13.0. The minimum Gasteiger partial charge on any atom is -0.496 e. The first-order valence-electron chi connectivity index (χ1n) is 8.87. The van der Waals surface area contributed by atoms with Gasteiger partial charge in [0.05, 0.1) is 7.11 Å². The van der Waals surface area contributed by atoms with E-state index < -0.39 is 0 Å². The monoisotopic (exact) mass is 445 g/mol. The number of H-pyrrole nitrogens is 1. The number of ether oxygens (including phenoxy) is 1. The van der Waals surface area contributed by atoms with Crippen molar-refractivity contribution in [2.24, 2.45) is 0 Å². The SMILES string of the molecule is [11CH3]Oc1cccc2c1CCN(CCCc1c[nH]c3ccc(I)cc13)C2. The lowest BCUT2D eigenvalue weighted by Crippen LogP contribution is -2.31. The fourth-order valence-corrected chi connectivity index (χ4v) is 4.36. The lowest BCUT2D eigenvalue weighted by Gasteiger charge is -2.29. The van der Waals surface area contributed by atoms with Crippen LogP contribution in [0.25, 0.3) is 10.9 Å². The smallest absolute Gasteiger partial charge is 0.122 e. The zero-order valence-electron chi connectivity index (χ0n) is 14.5. The Labute approximate surface area is 162 Å². The molecule has 25 heavy (non-hydrogen) atoms. The third-order valence-corrected chi connectivity index (χ3v) is 5.84. The van der Waals surface area contributed by atoms with Crippen LogP contribution in [0.3, 0.4) is 0 Å². The normalized spacial score (nSPS) is 14.6. The van der Waals surface area contributed by atoms with E-state index in [1.54, 1.807) is 7.11 Å². The Morgan fingerprint density at radius 3 is 3.04 bits per heavy atom. The van der Waals surface area contributed by atoms with Crippen LogP contribution in [0.4, 0.5) is 0 Å². The fraction of sp³-hybridized carbons (Fsp3) is 0.333. The zero-order valence-corrected chi connectivity index (χ0v) is 16.7. The predicted molar refractivity (Wildman–Crippen MR) is 111 cm³/mol. The molecule has 0 saturated carbocycles. The summed E-state index contributed by atoms with van der Waals surface area (Å²) < 4.78 is 6.80. The topological polar surface area (TPSA) is 28.3 Å². The second-order valence-corrected chi connectivity index (χ2v) is 7.98. The van der Waals surface area contributed by atoms with Crippen molar-refractivity contribution in [2.45, 2.75) is 25.8 Å². The maximum atomic E-state index is 5.51. The molecule has 130 valence electrons. The molecule has 0 amide bonds. The number of halogens is 1. The summed E-state index contributed by atoms with van der Waals surface area (Å²) in [6.07, 6.45) is 5.58. The van der Waals surface area contributed by atoms with Crippen molar-refractivity contribution in [3.05, 3.63) is 62.9 Å². The van der Waals surface area contributed by atoms with Crippen molar-refractivity contribution in [1.29, 1.82) is 0 Å². The van der Waals surface area contributed by atoms with Gasteiger partial charge in [-0.15, -0.1) is 0 Å². The van der Waals surface area contributed by atoms with Gasteiger partial charge in [-0.1, -0.05) is 12.1 Å². The number of benzene rings is 2. The average Bonchev–Trinajstić information content (AvgIpc) is 3.03. The van der Waals surface area contributed by atoms with Gasteiger partial charge in [-0.3, -0.25) is 4.90 Å². The Bertz CT molecular complexity index is 887. The molecule has 0 unspecified atom stereocenters. The summed E-state index contributed by atoms with van der Waals surface area (Å²) in [5, 5.41) is 1.38. The van der Waals surface area contributed by atoms with E-state index >= 15 is 0 Å². The Morgan fingerprint density at radius 2 is 2.16 bits per heavy atom. The number of aromatic nitrogens is 1. The Kier molecular flexibility index (Phi) is 4.99. The molecule has 0 bridgehead atoms. The molecule has 3 nitrogen and oxygen atoms in total. The highest BCUT2D eigenvalue weighted by molar-refractivity contribution is 14.1. The van der Waals surface area contributed by atoms with Gasteiger partial charge in [-0.05, 0) is 89.4 Å². The van der Waals surface area contributed by atoms with Crippen molar-refractivity contribution in [3.8, 4) is 5.75 Å². The van der Waals surface area contributed by atoms with Crippen LogP contribution >= 0.6 is 22.6 Å². The third kappa shape index (κ3) is 3.55. The maximum Gasteiger partial charge on any atom is 0.122 e. The van der Waals surface area contributed by atoms with Gasteiger partial charge in [-0.25, -0.2) is 0 Å². The number of aromatic amines is 1. The van der Waals surface area contributed by atoms with Crippen LogP contribution in [0.5, 0.6) is 5.75 Å². The summed E-state index contributed by atoms with van der Waals surface area (Å²) in [5.74, 6) is 1.05. The van der Waals surface area contributed by atoms with Crippen molar-refractivity contribution in [2.75, 3.05) is 20.2 Å². The Hall–Kier alpha value is -1.53. The third-order valence-electron chi connectivity index (χ3n) is 5.17. The molecule has 1 aliphatic rings. The van der Waals surface area contributed by atoms with Gasteiger partial charge >= 0.3 is 0 Å². The van der Waals surface area contributed by atoms with Crippen LogP contribution in [0, 0.1) is 3.57 Å². The van der Waals surface area contributed by atoms with Gasteiger partial charge in [-0.2, -0.15) is 0 Å². The minimum absolute atomic E-state index is 1.04. The fourth-order valence-electron chi connectivity index (χ4n) is 3.87. The number of nitrogens with one attached hydrogen (secondary N) is 1. The summed E-state index contributed by atoms with van der Waals surface area (Å²) in [7, 11) is 1.77. The van der Waals surface area contributed by atoms with Crippen molar-refractivity contribution in [3.63, 3.8) is 0 Å². The molecule has 1 N–H and O–H groups in total. The van der Waals surface area contributed by atoms with E-state index in [1.807, 2.05) is 0 Å². The Morgan fingerprint density at radius 1 is 1.24 bits per heavy atom. The first-order chi connectivity index (χ1) is 12.2. The number of rotatable bonds is 5. The van der Waals surface area contributed by atoms with Crippen LogP contribution in [-0.2, 0) is 19.4 Å². The van der Waals surface area contributed by atoms with Crippen molar-refractivity contribution in [1.82, 2.24) is 9.88 Å². The van der Waals surface area contributed by atoms with Gasteiger partial charge in [0.2, 0.25) is 0 Å². The molecular formula is C21H23IN2O. The summed E-state index contributed by atoms with van der Waals surface area (Å²) >= 11 is 2.39. The number of hydrogen-bond donors (Lipinski definition) is 1. The molecule has 0 aliphatic carbocycles. The van der Waals surface area contributed by atoms with Gasteiger partial charge in [0.25, 0.3) is 0 Å². The largest absolute Gasteiger partial charge is 0.496 e. The van der Waals surface area contributed by atoms with E-state index in [4.69, 9.17) is 4.74 Å². The second-order valence-electron chi connectivity index (χ2n) is 6.73. The number of methoxy groups -OCH3 is 1. The van der Waals surface area contributed by atoms with E-state index in [0.29, 0.717) is 0 Å². The van der Waals surface area contributed by atoms with Gasteiger partial charge < -0.3 is 9.72 Å².